The van der Waals surface area contributed by atoms with Crippen molar-refractivity contribution in [2.75, 3.05) is 26.4 Å². The molecule has 1 aliphatic carbocycles. The number of aryl methyl sites for hydroxylation is 1. The number of fused-ring (bicyclic) bond motifs is 1. The van der Waals surface area contributed by atoms with Gasteiger partial charge in [0.05, 0.1) is 13.2 Å². The summed E-state index contributed by atoms with van der Waals surface area (Å²) in [5.41, 5.74) is -0.337. The molecule has 23 heavy (non-hydrogen) atoms. The van der Waals surface area contributed by atoms with Crippen LogP contribution in [-0.4, -0.2) is 47.6 Å². The summed E-state index contributed by atoms with van der Waals surface area (Å²) >= 11 is 0. The predicted molar refractivity (Wildman–Crippen MR) is 74.6 cm³/mol. The molecule has 0 radical (unpaired) electrons. The Hall–Kier alpha value is -1.61. The molecule has 1 unspecified atom stereocenters. The van der Waals surface area contributed by atoms with Gasteiger partial charge in [-0.05, 0) is 25.7 Å². The van der Waals surface area contributed by atoms with E-state index in [0.717, 1.165) is 0 Å². The Kier molecular flexibility index (Phi) is 6.00. The molecule has 0 aliphatic heterocycles. The monoisotopic (exact) mass is 335 g/mol. The topological polar surface area (TPSA) is 87.2 Å². The molecule has 0 spiro atoms. The zero-order valence-corrected chi connectivity index (χ0v) is 12.6. The Labute approximate surface area is 131 Å². The summed E-state index contributed by atoms with van der Waals surface area (Å²) in [6.07, 6.45) is -2.99. The normalized spacial score (nSPS) is 17.8. The highest BCUT2D eigenvalue weighted by atomic mass is 19.4. The molecular formula is C14H20F3N3O3. The number of amides is 1. The summed E-state index contributed by atoms with van der Waals surface area (Å²) in [4.78, 5) is 12.1. The molecule has 0 fully saturated rings. The van der Waals surface area contributed by atoms with E-state index >= 15 is 0 Å². The number of carbonyl (C=O) groups is 1. The van der Waals surface area contributed by atoms with Crippen LogP contribution in [0.2, 0.25) is 0 Å². The van der Waals surface area contributed by atoms with Gasteiger partial charge in [-0.3, -0.25) is 9.89 Å². The van der Waals surface area contributed by atoms with E-state index in [2.05, 4.69) is 15.5 Å². The number of hydrogen-bond acceptors (Lipinski definition) is 4. The average molecular weight is 335 g/mol. The summed E-state index contributed by atoms with van der Waals surface area (Å²) in [5, 5.41) is 17.0. The van der Waals surface area contributed by atoms with Gasteiger partial charge in [-0.25, -0.2) is 0 Å². The van der Waals surface area contributed by atoms with Gasteiger partial charge in [-0.1, -0.05) is 0 Å². The molecule has 1 atom stereocenters. The standard InChI is InChI=1S/C14H20F3N3O3/c15-14(16,17)12-10-8-9(2-3-11(10)19-20-12)13(22)18-4-1-6-23-7-5-21/h9,21H,1-8H2,(H,18,22)(H,19,20). The minimum Gasteiger partial charge on any atom is -0.394 e. The molecule has 1 amide bonds. The molecule has 6 nitrogen and oxygen atoms in total. The number of nitrogens with one attached hydrogen (secondary N) is 2. The highest BCUT2D eigenvalue weighted by molar-refractivity contribution is 5.79. The number of hydrogen-bond donors (Lipinski definition) is 3. The van der Waals surface area contributed by atoms with Crippen molar-refractivity contribution in [2.24, 2.45) is 5.92 Å². The third-order valence-electron chi connectivity index (χ3n) is 3.79. The Morgan fingerprint density at radius 3 is 2.91 bits per heavy atom. The number of aliphatic hydroxyl groups is 1. The maximum atomic E-state index is 12.9. The number of carbonyl (C=O) groups excluding carboxylic acids is 1. The first-order valence-electron chi connectivity index (χ1n) is 7.53. The number of aliphatic hydroxyl groups excluding tert-OH is 1. The fourth-order valence-electron chi connectivity index (χ4n) is 2.65. The maximum Gasteiger partial charge on any atom is 0.435 e. The van der Waals surface area contributed by atoms with Crippen molar-refractivity contribution in [3.63, 3.8) is 0 Å². The van der Waals surface area contributed by atoms with Gasteiger partial charge in [0.15, 0.2) is 5.69 Å². The average Bonchev–Trinajstić information content (AvgIpc) is 2.93. The molecule has 0 bridgehead atoms. The van der Waals surface area contributed by atoms with Crippen molar-refractivity contribution in [1.29, 1.82) is 0 Å². The minimum atomic E-state index is -4.51. The Morgan fingerprint density at radius 2 is 2.22 bits per heavy atom. The van der Waals surface area contributed by atoms with E-state index in [0.29, 0.717) is 38.1 Å². The van der Waals surface area contributed by atoms with Gasteiger partial charge in [0.25, 0.3) is 0 Å². The number of halogens is 3. The molecule has 0 aromatic carbocycles. The molecule has 0 saturated carbocycles. The van der Waals surface area contributed by atoms with Gasteiger partial charge in [0.1, 0.15) is 0 Å². The Bertz CT molecular complexity index is 531. The van der Waals surface area contributed by atoms with Crippen LogP contribution in [0.25, 0.3) is 0 Å². The van der Waals surface area contributed by atoms with Crippen LogP contribution in [0, 0.1) is 5.92 Å². The van der Waals surface area contributed by atoms with Crippen molar-refractivity contribution in [3.8, 4) is 0 Å². The second kappa shape index (κ2) is 7.78. The van der Waals surface area contributed by atoms with Crippen LogP contribution in [-0.2, 0) is 28.5 Å². The first-order chi connectivity index (χ1) is 10.9. The number of rotatable bonds is 7. The predicted octanol–water partition coefficient (Wildman–Crippen LogP) is 1.05. The molecule has 1 aliphatic rings. The van der Waals surface area contributed by atoms with Crippen molar-refractivity contribution >= 4 is 5.91 Å². The molecule has 3 N–H and O–H groups in total. The van der Waals surface area contributed by atoms with Gasteiger partial charge in [-0.2, -0.15) is 18.3 Å². The van der Waals surface area contributed by atoms with E-state index in [9.17, 15) is 18.0 Å². The summed E-state index contributed by atoms with van der Waals surface area (Å²) in [6.45, 7) is 1.00. The largest absolute Gasteiger partial charge is 0.435 e. The lowest BCUT2D eigenvalue weighted by Gasteiger charge is -2.22. The van der Waals surface area contributed by atoms with E-state index in [-0.39, 0.29) is 31.1 Å². The number of aromatic amines is 1. The minimum absolute atomic E-state index is 0.0491. The molecule has 1 aromatic heterocycles. The van der Waals surface area contributed by atoms with Crippen LogP contribution in [0.15, 0.2) is 0 Å². The zero-order chi connectivity index (χ0) is 16.9. The fourth-order valence-corrected chi connectivity index (χ4v) is 2.65. The Balaban J connectivity index is 1.84. The van der Waals surface area contributed by atoms with E-state index in [1.807, 2.05) is 0 Å². The van der Waals surface area contributed by atoms with Gasteiger partial charge in [0.2, 0.25) is 5.91 Å². The quantitative estimate of drug-likeness (QED) is 0.650. The van der Waals surface area contributed by atoms with Crippen molar-refractivity contribution in [2.45, 2.75) is 31.9 Å². The lowest BCUT2D eigenvalue weighted by atomic mass is 9.85. The van der Waals surface area contributed by atoms with Gasteiger partial charge in [0, 0.05) is 30.3 Å². The third-order valence-corrected chi connectivity index (χ3v) is 3.79. The number of alkyl halides is 3. The lowest BCUT2D eigenvalue weighted by Crippen LogP contribution is -2.35. The summed E-state index contributed by atoms with van der Waals surface area (Å²) in [7, 11) is 0. The first kappa shape index (κ1) is 17.7. The second-order valence-electron chi connectivity index (χ2n) is 5.45. The molecular weight excluding hydrogens is 315 g/mol. The van der Waals surface area contributed by atoms with E-state index in [1.54, 1.807) is 0 Å². The van der Waals surface area contributed by atoms with Gasteiger partial charge >= 0.3 is 6.18 Å². The molecule has 0 saturated heterocycles. The molecule has 130 valence electrons. The molecule has 2 rings (SSSR count). The lowest BCUT2D eigenvalue weighted by molar-refractivity contribution is -0.142. The number of H-pyrrole nitrogens is 1. The molecule has 9 heteroatoms. The van der Waals surface area contributed by atoms with Crippen LogP contribution in [0.5, 0.6) is 0 Å². The van der Waals surface area contributed by atoms with Crippen LogP contribution in [0.3, 0.4) is 0 Å². The van der Waals surface area contributed by atoms with Crippen LogP contribution in [0.1, 0.15) is 29.8 Å². The summed E-state index contributed by atoms with van der Waals surface area (Å²) < 4.78 is 43.7. The second-order valence-corrected chi connectivity index (χ2v) is 5.45. The van der Waals surface area contributed by atoms with Crippen molar-refractivity contribution in [1.82, 2.24) is 15.5 Å². The van der Waals surface area contributed by atoms with E-state index in [1.165, 1.54) is 0 Å². The number of ether oxygens (including phenoxy) is 1. The zero-order valence-electron chi connectivity index (χ0n) is 12.6. The van der Waals surface area contributed by atoms with Gasteiger partial charge < -0.3 is 15.2 Å². The smallest absolute Gasteiger partial charge is 0.394 e. The van der Waals surface area contributed by atoms with Crippen LogP contribution >= 0.6 is 0 Å². The van der Waals surface area contributed by atoms with Crippen LogP contribution in [0.4, 0.5) is 13.2 Å². The van der Waals surface area contributed by atoms with Crippen molar-refractivity contribution < 1.29 is 27.8 Å². The Morgan fingerprint density at radius 1 is 1.43 bits per heavy atom. The number of nitrogens with zero attached hydrogens (tertiary/aromatic N) is 1. The summed E-state index contributed by atoms with van der Waals surface area (Å²) in [5.74, 6) is -0.716. The SMILES string of the molecule is O=C(NCCCOCCO)C1CCc2[nH]nc(C(F)(F)F)c2C1. The highest BCUT2D eigenvalue weighted by Gasteiger charge is 2.40. The highest BCUT2D eigenvalue weighted by Crippen LogP contribution is 2.36. The van der Waals surface area contributed by atoms with Crippen LogP contribution < -0.4 is 5.32 Å². The number of aromatic nitrogens is 2. The van der Waals surface area contributed by atoms with E-state index in [4.69, 9.17) is 9.84 Å². The maximum absolute atomic E-state index is 12.9. The third kappa shape index (κ3) is 4.68. The fraction of sp³-hybridized carbons (Fsp3) is 0.714. The molecule has 1 heterocycles. The first-order valence-corrected chi connectivity index (χ1v) is 7.53. The van der Waals surface area contributed by atoms with Crippen molar-refractivity contribution in [3.05, 3.63) is 17.0 Å². The van der Waals surface area contributed by atoms with E-state index < -0.39 is 17.8 Å². The van der Waals surface area contributed by atoms with Gasteiger partial charge in [-0.15, -0.1) is 0 Å². The summed E-state index contributed by atoms with van der Waals surface area (Å²) in [6, 6.07) is 0. The molecule has 1 aromatic rings.